The second kappa shape index (κ2) is 42.2. The fourth-order valence-electron chi connectivity index (χ4n) is 17.4. The molecule has 0 radical (unpaired) electrons. The number of quaternary nitrogens is 2. The molecule has 0 aliphatic carbocycles. The largest absolute Gasteiger partial charge is 0.872 e. The van der Waals surface area contributed by atoms with Gasteiger partial charge in [-0.3, -0.25) is 38.8 Å². The van der Waals surface area contributed by atoms with Gasteiger partial charge in [-0.2, -0.15) is 10.2 Å². The number of anilines is 2. The lowest BCUT2D eigenvalue weighted by Gasteiger charge is -2.39. The number of carbonyl (C=O) groups excluding carboxylic acids is 6. The normalized spacial score (nSPS) is 30.5. The third kappa shape index (κ3) is 23.3. The van der Waals surface area contributed by atoms with Gasteiger partial charge >= 0.3 is 23.5 Å². The Morgan fingerprint density at radius 1 is 0.523 bits per heavy atom. The number of nitrogens with one attached hydrogen (secondary N) is 2. The highest BCUT2D eigenvalue weighted by Crippen LogP contribution is 2.57. The van der Waals surface area contributed by atoms with Crippen molar-refractivity contribution in [2.75, 3.05) is 104 Å². The van der Waals surface area contributed by atoms with Gasteiger partial charge < -0.3 is 109 Å². The molecule has 11 N–H and O–H groups in total. The molecule has 0 saturated carbocycles. The topological polar surface area (TPSA) is 437 Å². The van der Waals surface area contributed by atoms with E-state index in [0.717, 1.165) is 35.1 Å². The number of hydrogen-bond donors (Lipinski definition) is 11. The number of aliphatic hydroxyl groups excluding tert-OH is 4. The number of amides is 2. The summed E-state index contributed by atoms with van der Waals surface area (Å²) in [6.45, 7) is 44.7. The quantitative estimate of drug-likeness (QED) is 0.0134. The monoisotopic (exact) mass is 1870 g/mol. The Morgan fingerprint density at radius 2 is 0.871 bits per heavy atom. The van der Waals surface area contributed by atoms with Crippen molar-refractivity contribution in [3.05, 3.63) is 106 Å². The smallest absolute Gasteiger partial charge is 0.312 e. The van der Waals surface area contributed by atoms with Crippen LogP contribution in [0.2, 0.25) is 39.3 Å². The van der Waals surface area contributed by atoms with E-state index in [0.29, 0.717) is 39.3 Å². The van der Waals surface area contributed by atoms with Gasteiger partial charge in [-0.15, -0.1) is 11.1 Å². The SMILES string of the molecule is CO[C@H]1/C=C/O[C@@]2(C)Oc3c(C)c(O)c4c(O)c(c(/C=N/N5CC[N+](C)(CC#C[Si](C)(C)C)CC5)c(O)c4c3C2=O)NC(=O)/C(C)=C\C=C\[C@H](C)[C@H](O)[C@@H](C)[C@@H](O)[C@@H](C)[C@H](OC(C)=O)[C@@H]1C.CO[C@H]1/C=C/O[C@@]2(C)Oc3c(C)c([O-])c4c(O)c(c(/C=N/N5CC[N+](C)(CC#C[Si](C)(C)C)CC5)c(O)c4c3C2=O)NC(=O)/C(C)=C\C=C\[C@H](C)[C@H](O)[C@@H](C)[C@@H](O)[C@@H](C)[C@H](OC(C)=O)[C@@H]1C. The van der Waals surface area contributed by atoms with Gasteiger partial charge in [0.25, 0.3) is 23.4 Å². The van der Waals surface area contributed by atoms with Crippen molar-refractivity contribution in [1.29, 1.82) is 0 Å². The Labute approximate surface area is 776 Å². The Kier molecular flexibility index (Phi) is 33.6. The summed E-state index contributed by atoms with van der Waals surface area (Å²) in [5.41, 5.74) is 5.90. The molecule has 8 aliphatic rings. The summed E-state index contributed by atoms with van der Waals surface area (Å²) < 4.78 is 48.9. The molecule has 132 heavy (non-hydrogen) atoms. The predicted molar refractivity (Wildman–Crippen MR) is 508 cm³/mol. The average molecular weight is 1870 g/mol. The van der Waals surface area contributed by atoms with Crippen LogP contribution in [0.25, 0.3) is 21.5 Å². The van der Waals surface area contributed by atoms with E-state index in [1.54, 1.807) is 84.7 Å². The fourth-order valence-corrected chi connectivity index (χ4v) is 18.6. The molecule has 10 bridgehead atoms. The van der Waals surface area contributed by atoms with Crippen molar-refractivity contribution in [2.45, 2.75) is 210 Å². The first-order chi connectivity index (χ1) is 61.5. The summed E-state index contributed by atoms with van der Waals surface area (Å²) >= 11 is 0. The van der Waals surface area contributed by atoms with Crippen LogP contribution in [0.1, 0.15) is 140 Å². The number of methoxy groups -OCH3 is 2. The van der Waals surface area contributed by atoms with Crippen molar-refractivity contribution in [2.24, 2.45) is 57.5 Å². The summed E-state index contributed by atoms with van der Waals surface area (Å²) in [6, 6.07) is 0. The van der Waals surface area contributed by atoms with Gasteiger partial charge in [0.1, 0.15) is 75.9 Å². The van der Waals surface area contributed by atoms with Gasteiger partial charge in [-0.25, -0.2) is 0 Å². The first-order valence-electron chi connectivity index (χ1n) is 44.9. The molecule has 2 amide bonds. The molecule has 0 aromatic heterocycles. The predicted octanol–water partition coefficient (Wildman–Crippen LogP) is 10.8. The van der Waals surface area contributed by atoms with Gasteiger partial charge in [-0.05, 0) is 45.4 Å². The van der Waals surface area contributed by atoms with Crippen LogP contribution in [0.3, 0.4) is 0 Å². The number of rotatable bonds is 10. The minimum absolute atomic E-state index is 0.0528. The van der Waals surface area contributed by atoms with E-state index < -0.39 is 199 Å². The molecule has 18 atom stereocenters. The highest BCUT2D eigenvalue weighted by molar-refractivity contribution is 6.84. The Bertz CT molecular complexity index is 5110. The minimum Gasteiger partial charge on any atom is -0.872 e. The molecular weight excluding hydrogens is 1730 g/mol. The fraction of sp³-hybridized carbons (Fsp3) is 0.551. The number of hydrogen-bond acceptors (Lipinski definition) is 28. The summed E-state index contributed by atoms with van der Waals surface area (Å²) in [7, 11) is 4.09. The molecule has 720 valence electrons. The summed E-state index contributed by atoms with van der Waals surface area (Å²) in [5, 5.41) is 138. The first kappa shape index (κ1) is 105. The molecule has 8 aliphatic heterocycles. The number of phenolic OH excluding ortho intramolecular Hbond substituents is 5. The number of ketones is 2. The van der Waals surface area contributed by atoms with E-state index in [1.807, 2.05) is 5.01 Å². The molecule has 0 spiro atoms. The van der Waals surface area contributed by atoms with Crippen LogP contribution in [-0.4, -0.2) is 283 Å². The van der Waals surface area contributed by atoms with E-state index in [9.17, 15) is 79.8 Å². The number of hydrazone groups is 2. The number of esters is 2. The second-order valence-corrected chi connectivity index (χ2v) is 48.7. The molecule has 4 aromatic rings. The third-order valence-corrected chi connectivity index (χ3v) is 28.0. The lowest BCUT2D eigenvalue weighted by atomic mass is 9.78. The van der Waals surface area contributed by atoms with E-state index >= 15 is 0 Å². The lowest BCUT2D eigenvalue weighted by Crippen LogP contribution is -2.56. The summed E-state index contributed by atoms with van der Waals surface area (Å²) in [5.74, 6) is -10.6. The zero-order valence-corrected chi connectivity index (χ0v) is 83.1. The van der Waals surface area contributed by atoms with Crippen molar-refractivity contribution in [3.8, 4) is 68.9 Å². The zero-order chi connectivity index (χ0) is 98.4. The van der Waals surface area contributed by atoms with Gasteiger partial charge in [0.05, 0.1) is 167 Å². The van der Waals surface area contributed by atoms with Crippen LogP contribution in [-0.2, 0) is 47.6 Å². The number of likely N-dealkylation sites (N-methyl/N-ethyl adjacent to an activating group) is 2. The van der Waals surface area contributed by atoms with Gasteiger partial charge in [0.2, 0.25) is 0 Å². The van der Waals surface area contributed by atoms with Crippen molar-refractivity contribution in [3.63, 3.8) is 0 Å². The molecule has 12 rings (SSSR count). The number of carbonyl (C=O) groups is 6. The van der Waals surface area contributed by atoms with E-state index in [-0.39, 0.29) is 83.6 Å². The first-order valence-corrected chi connectivity index (χ1v) is 51.9. The van der Waals surface area contributed by atoms with Crippen molar-refractivity contribution in [1.82, 2.24) is 10.0 Å². The van der Waals surface area contributed by atoms with Crippen LogP contribution >= 0.6 is 0 Å². The molecular formula is C98H137N8O24Si2+. The van der Waals surface area contributed by atoms with Crippen LogP contribution < -0.4 is 25.2 Å². The highest BCUT2D eigenvalue weighted by atomic mass is 28.3. The lowest BCUT2D eigenvalue weighted by molar-refractivity contribution is -0.906. The van der Waals surface area contributed by atoms with Gasteiger partial charge in [0.15, 0.2) is 5.75 Å². The van der Waals surface area contributed by atoms with Crippen molar-refractivity contribution < 1.29 is 127 Å². The number of nitrogens with zero attached hydrogens (tertiary/aromatic N) is 6. The zero-order valence-electron chi connectivity index (χ0n) is 81.1. The summed E-state index contributed by atoms with van der Waals surface area (Å²) in [6.07, 6.45) is 9.65. The molecule has 0 unspecified atom stereocenters. The van der Waals surface area contributed by atoms with Crippen LogP contribution in [0.5, 0.6) is 46.0 Å². The van der Waals surface area contributed by atoms with Gasteiger partial charge in [0, 0.05) is 122 Å². The molecule has 32 nitrogen and oxygen atoms in total. The number of aromatic hydroxyl groups is 5. The maximum Gasteiger partial charge on any atom is 0.312 e. The Morgan fingerprint density at radius 3 is 1.22 bits per heavy atom. The molecule has 8 heterocycles. The summed E-state index contributed by atoms with van der Waals surface area (Å²) in [4.78, 5) is 81.7. The molecule has 2 saturated heterocycles. The average Bonchev–Trinajstić information content (AvgIpc) is 1.51. The van der Waals surface area contributed by atoms with Crippen molar-refractivity contribution >= 4 is 96.8 Å². The van der Waals surface area contributed by atoms with Crippen LogP contribution in [0, 0.1) is 84.1 Å². The number of piperazine rings is 2. The number of ether oxygens (including phenoxy) is 8. The Balaban J connectivity index is 0.000000297. The second-order valence-electron chi connectivity index (χ2n) is 39.2. The van der Waals surface area contributed by atoms with Crippen LogP contribution in [0.15, 0.2) is 82.5 Å². The number of aliphatic hydroxyl groups is 4. The Hall–Kier alpha value is -10.8. The van der Waals surface area contributed by atoms with E-state index in [2.05, 4.69) is 92.0 Å². The maximum atomic E-state index is 14.6. The number of allylic oxidation sites excluding steroid dienone is 4. The molecule has 2 fully saturated rings. The number of phenols is 5. The third-order valence-electron chi connectivity index (χ3n) is 26.2. The van der Waals surface area contributed by atoms with E-state index in [1.165, 1.54) is 119 Å². The minimum atomic E-state index is -2.09. The van der Waals surface area contributed by atoms with Gasteiger partial charge in [-0.1, -0.05) is 149 Å². The van der Waals surface area contributed by atoms with Crippen LogP contribution in [0.4, 0.5) is 11.4 Å². The number of Topliss-reactive ketones (excluding diaryl/α,β-unsaturated/α-hetero) is 2. The standard InChI is InChI=1S/2C49H68N4O12Si/c2*1-27-16-14-17-28(2)48(61)51-39-34(26-50-52-19-22-53(9,23-20-52)21-15-25-66(11,12)13)43(58)36-37(44(39)59)42(57)32(6)46-38(36)47(60)49(8,65-46)63-24-18-35(62-10)29(3)45(64-33(7)54)31(5)41(56)30(4)40(27)55/h2*14,16-18,24,26-27,29-31,35,40-41,45,55-56H,19-23H2,1-13H3,(H3-,50,51,57,58,59,60,61)/p+1/b2*16-14+,24-18+,28-17-/t2*27-,29+,30+,31+,35-,40-,41+,45+,49-/m00/s1. The highest BCUT2D eigenvalue weighted by Gasteiger charge is 2.52. The number of benzene rings is 4. The maximum absolute atomic E-state index is 14.6. The van der Waals surface area contributed by atoms with E-state index in [4.69, 9.17) is 43.0 Å². The number of fused-ring (bicyclic) bond motifs is 28. The molecule has 4 aromatic carbocycles. The molecule has 34 heteroatoms.